The van der Waals surface area contributed by atoms with Crippen molar-refractivity contribution in [3.8, 4) is 23.0 Å². The lowest BCUT2D eigenvalue weighted by Gasteiger charge is -2.15. The summed E-state index contributed by atoms with van der Waals surface area (Å²) in [5.41, 5.74) is 7.81. The first kappa shape index (κ1) is 46.5. The fraction of sp³-hybridized carbons (Fsp3) is 0.172. The SMILES string of the molecule is COC(=O)c1cc2ccc1OCc1ccc3cc(ccc3c1)COc1ccc(cc1C(=O)OC)Cc1ccc(c(C(=O)OC)c1)OCc1ccc3cc(ccc3c1)COc1ccc(cc1C(=O)OC)C2. The van der Waals surface area contributed by atoms with Crippen molar-refractivity contribution in [3.05, 3.63) is 212 Å². The molecule has 0 N–H and O–H groups in total. The summed E-state index contributed by atoms with van der Waals surface area (Å²) in [6.45, 7) is 0.749. The highest BCUT2D eigenvalue weighted by molar-refractivity contribution is 5.95. The van der Waals surface area contributed by atoms with Gasteiger partial charge in [0.2, 0.25) is 0 Å². The third-order valence-electron chi connectivity index (χ3n) is 12.1. The maximum absolute atomic E-state index is 13.1. The van der Waals surface area contributed by atoms with Gasteiger partial charge in [-0.2, -0.15) is 0 Å². The molecule has 20 aliphatic heterocycles. The van der Waals surface area contributed by atoms with Gasteiger partial charge in [-0.05, 0) is 152 Å². The summed E-state index contributed by atoms with van der Waals surface area (Å²) < 4.78 is 45.5. The number of carbonyl (C=O) groups is 4. The molecule has 12 heteroatoms. The molecular formula is C58H48O12. The van der Waals surface area contributed by atoms with E-state index in [-0.39, 0.29) is 48.7 Å². The fourth-order valence-corrected chi connectivity index (χ4v) is 8.49. The molecule has 352 valence electrons. The molecule has 28 rings (SSSR count). The molecule has 0 aromatic heterocycles. The van der Waals surface area contributed by atoms with Crippen LogP contribution in [0, 0.1) is 0 Å². The second-order valence-corrected chi connectivity index (χ2v) is 16.8. The standard InChI is InChI=1S/C58H48O12/c1-63-55(59)47-27-35-9-17-51(47)67-31-39-5-13-44-24-40(6-14-43(44)23-39)33-69-53-19-11-37(29-49(53)57(61)65-3)22-38-12-20-54(50(30-38)58(62)66-4)70-34-42-8-16-45-25-41(7-15-46(45)26-42)32-68-52-18-10-36(21-35)28-48(52)56(60)64-2/h5-20,23-30H,21-22,31-34H2,1-4H3. The Bertz CT molecular complexity index is 2880. The minimum Gasteiger partial charge on any atom is -0.488 e. The van der Waals surface area contributed by atoms with Crippen molar-refractivity contribution in [3.63, 3.8) is 0 Å². The first-order valence-corrected chi connectivity index (χ1v) is 22.5. The van der Waals surface area contributed by atoms with Crippen LogP contribution in [0.1, 0.15) is 85.9 Å². The molecule has 0 atom stereocenters. The van der Waals surface area contributed by atoms with E-state index in [1.54, 1.807) is 48.5 Å². The molecule has 0 saturated heterocycles. The number of rotatable bonds is 4. The monoisotopic (exact) mass is 936 g/mol. The van der Waals surface area contributed by atoms with Crippen LogP contribution < -0.4 is 18.9 Å². The van der Waals surface area contributed by atoms with Crippen molar-refractivity contribution < 1.29 is 57.1 Å². The molecule has 0 amide bonds. The van der Waals surface area contributed by atoms with Gasteiger partial charge in [-0.15, -0.1) is 0 Å². The van der Waals surface area contributed by atoms with Gasteiger partial charge < -0.3 is 37.9 Å². The summed E-state index contributed by atoms with van der Waals surface area (Å²) >= 11 is 0. The van der Waals surface area contributed by atoms with E-state index in [2.05, 4.69) is 0 Å². The Kier molecular flexibility index (Phi) is 13.7. The minimum absolute atomic E-state index is 0.187. The van der Waals surface area contributed by atoms with Crippen LogP contribution in [0.2, 0.25) is 0 Å². The minimum atomic E-state index is -0.544. The number of hydrogen-bond acceptors (Lipinski definition) is 12. The van der Waals surface area contributed by atoms with Gasteiger partial charge in [0.15, 0.2) is 0 Å². The molecule has 8 aromatic carbocycles. The normalized spacial score (nSPS) is 12.6. The van der Waals surface area contributed by atoms with Crippen molar-refractivity contribution in [2.24, 2.45) is 0 Å². The number of carbonyl (C=O) groups excluding carboxylic acids is 4. The molecule has 0 spiro atoms. The molecule has 70 heavy (non-hydrogen) atoms. The van der Waals surface area contributed by atoms with Crippen LogP contribution in [0.5, 0.6) is 23.0 Å². The Morgan fingerprint density at radius 3 is 0.729 bits per heavy atom. The Labute approximate surface area is 404 Å². The zero-order chi connectivity index (χ0) is 48.7. The molecule has 0 saturated carbocycles. The van der Waals surface area contributed by atoms with Gasteiger partial charge in [0, 0.05) is 0 Å². The molecule has 0 aliphatic carbocycles. The molecule has 8 aromatic rings. The smallest absolute Gasteiger partial charge is 0.341 e. The molecule has 0 unspecified atom stereocenters. The summed E-state index contributed by atoms with van der Waals surface area (Å²) in [6.07, 6.45) is 0.781. The highest BCUT2D eigenvalue weighted by atomic mass is 16.5. The Balaban J connectivity index is 1.04. The molecular weight excluding hydrogens is 889 g/mol. The highest BCUT2D eigenvalue weighted by Gasteiger charge is 2.20. The zero-order valence-corrected chi connectivity index (χ0v) is 39.0. The lowest BCUT2D eigenvalue weighted by atomic mass is 10.00. The van der Waals surface area contributed by atoms with E-state index >= 15 is 0 Å². The van der Waals surface area contributed by atoms with Gasteiger partial charge >= 0.3 is 23.9 Å². The molecule has 16 bridgehead atoms. The van der Waals surface area contributed by atoms with Crippen molar-refractivity contribution in [1.82, 2.24) is 0 Å². The van der Waals surface area contributed by atoms with Gasteiger partial charge in [0.1, 0.15) is 71.7 Å². The van der Waals surface area contributed by atoms with Crippen LogP contribution in [0.4, 0.5) is 0 Å². The van der Waals surface area contributed by atoms with Gasteiger partial charge in [0.05, 0.1) is 28.4 Å². The topological polar surface area (TPSA) is 142 Å². The fourth-order valence-electron chi connectivity index (χ4n) is 8.49. The van der Waals surface area contributed by atoms with Gasteiger partial charge in [-0.25, -0.2) is 19.2 Å². The molecule has 20 aliphatic rings. The summed E-state index contributed by atoms with van der Waals surface area (Å²) in [7, 11) is 5.30. The molecule has 12 nitrogen and oxygen atoms in total. The average molecular weight is 937 g/mol. The van der Waals surface area contributed by atoms with E-state index in [0.717, 1.165) is 66.1 Å². The van der Waals surface area contributed by atoms with E-state index in [9.17, 15) is 19.2 Å². The van der Waals surface area contributed by atoms with E-state index in [1.165, 1.54) is 28.4 Å². The second kappa shape index (κ2) is 20.7. The Morgan fingerprint density at radius 2 is 0.514 bits per heavy atom. The number of esters is 4. The molecule has 0 fully saturated rings. The predicted octanol–water partition coefficient (Wildman–Crippen LogP) is 11.0. The number of hydrogen-bond donors (Lipinski definition) is 0. The Morgan fingerprint density at radius 1 is 0.300 bits per heavy atom. The Hall–Kier alpha value is -8.64. The number of ether oxygens (including phenoxy) is 8. The maximum atomic E-state index is 13.1. The quantitative estimate of drug-likeness (QED) is 0.122. The first-order chi connectivity index (χ1) is 34.1. The highest BCUT2D eigenvalue weighted by Crippen LogP contribution is 2.31. The summed E-state index contributed by atoms with van der Waals surface area (Å²) in [5, 5.41) is 3.89. The zero-order valence-electron chi connectivity index (χ0n) is 39.0. The summed E-state index contributed by atoms with van der Waals surface area (Å²) in [6, 6.07) is 45.3. The van der Waals surface area contributed by atoms with E-state index in [1.807, 2.05) is 97.1 Å². The van der Waals surface area contributed by atoms with Crippen LogP contribution in [-0.4, -0.2) is 52.3 Å². The van der Waals surface area contributed by atoms with Crippen molar-refractivity contribution >= 4 is 45.4 Å². The van der Waals surface area contributed by atoms with E-state index < -0.39 is 23.9 Å². The van der Waals surface area contributed by atoms with Crippen LogP contribution in [0.3, 0.4) is 0 Å². The van der Waals surface area contributed by atoms with E-state index in [4.69, 9.17) is 37.9 Å². The second-order valence-electron chi connectivity index (χ2n) is 16.8. The lowest BCUT2D eigenvalue weighted by Crippen LogP contribution is -2.08. The summed E-state index contributed by atoms with van der Waals surface area (Å²) in [5.74, 6) is -0.713. The van der Waals surface area contributed by atoms with Crippen molar-refractivity contribution in [2.75, 3.05) is 28.4 Å². The average Bonchev–Trinajstić information content (AvgIpc) is 3.40. The van der Waals surface area contributed by atoms with Crippen LogP contribution in [0.25, 0.3) is 21.5 Å². The third kappa shape index (κ3) is 10.4. The van der Waals surface area contributed by atoms with Crippen molar-refractivity contribution in [2.45, 2.75) is 39.3 Å². The van der Waals surface area contributed by atoms with Gasteiger partial charge in [-0.1, -0.05) is 72.8 Å². The van der Waals surface area contributed by atoms with Gasteiger partial charge in [0.25, 0.3) is 0 Å². The maximum Gasteiger partial charge on any atom is 0.341 e. The number of methoxy groups -OCH3 is 4. The number of benzene rings is 8. The lowest BCUT2D eigenvalue weighted by molar-refractivity contribution is 0.0586. The van der Waals surface area contributed by atoms with E-state index in [0.29, 0.717) is 35.8 Å². The third-order valence-corrected chi connectivity index (χ3v) is 12.1. The summed E-state index contributed by atoms with van der Waals surface area (Å²) in [4.78, 5) is 52.3. The predicted molar refractivity (Wildman–Crippen MR) is 262 cm³/mol. The molecule has 20 heterocycles. The first-order valence-electron chi connectivity index (χ1n) is 22.5. The van der Waals surface area contributed by atoms with Crippen LogP contribution in [-0.2, 0) is 58.2 Å². The van der Waals surface area contributed by atoms with Crippen LogP contribution >= 0.6 is 0 Å². The van der Waals surface area contributed by atoms with Crippen molar-refractivity contribution in [1.29, 1.82) is 0 Å². The van der Waals surface area contributed by atoms with Crippen LogP contribution in [0.15, 0.2) is 146 Å². The largest absolute Gasteiger partial charge is 0.488 e. The van der Waals surface area contributed by atoms with Gasteiger partial charge in [-0.3, -0.25) is 0 Å². The molecule has 0 radical (unpaired) electrons.